The van der Waals surface area contributed by atoms with Gasteiger partial charge in [0.25, 0.3) is 0 Å². The fourth-order valence-corrected chi connectivity index (χ4v) is 1.38. The summed E-state index contributed by atoms with van der Waals surface area (Å²) in [5, 5.41) is 17.8. The van der Waals surface area contributed by atoms with Crippen LogP contribution in [0.2, 0.25) is 0 Å². The van der Waals surface area contributed by atoms with Crippen LogP contribution in [0.3, 0.4) is 0 Å². The van der Waals surface area contributed by atoms with Crippen LogP contribution in [0.25, 0.3) is 0 Å². The summed E-state index contributed by atoms with van der Waals surface area (Å²) in [6.07, 6.45) is 8.76. The summed E-state index contributed by atoms with van der Waals surface area (Å²) in [7, 11) is 0. The lowest BCUT2D eigenvalue weighted by molar-refractivity contribution is 0.0848. The lowest BCUT2D eigenvalue weighted by atomic mass is 10.1. The Hall–Kier alpha value is -0.340. The Morgan fingerprint density at radius 2 is 1.75 bits per heavy atom. The topological polar surface area (TPSA) is 40.5 Å². The largest absolute Gasteiger partial charge is 0.393 e. The van der Waals surface area contributed by atoms with Crippen molar-refractivity contribution in [3.63, 3.8) is 0 Å². The molecule has 0 rings (SSSR count). The van der Waals surface area contributed by atoms with Crippen LogP contribution >= 0.6 is 0 Å². The second-order valence-electron chi connectivity index (χ2n) is 4.31. The molecule has 2 unspecified atom stereocenters. The summed E-state index contributed by atoms with van der Waals surface area (Å²) in [5.41, 5.74) is 0. The molecular weight excluding hydrogens is 200 g/mol. The van der Waals surface area contributed by atoms with Crippen LogP contribution in [0.5, 0.6) is 0 Å². The molecule has 98 valence electrons. The SMILES string of the molecule is C=CCCCCC.CCCC(O)CC(C)O. The van der Waals surface area contributed by atoms with Crippen molar-refractivity contribution in [3.8, 4) is 0 Å². The molecule has 0 aromatic heterocycles. The summed E-state index contributed by atoms with van der Waals surface area (Å²) < 4.78 is 0. The van der Waals surface area contributed by atoms with Crippen molar-refractivity contribution in [2.75, 3.05) is 0 Å². The Kier molecular flexibility index (Phi) is 16.5. The molecule has 0 saturated heterocycles. The van der Waals surface area contributed by atoms with Crippen LogP contribution in [0.1, 0.15) is 65.7 Å². The highest BCUT2D eigenvalue weighted by Crippen LogP contribution is 2.03. The van der Waals surface area contributed by atoms with Gasteiger partial charge in [0.15, 0.2) is 0 Å². The van der Waals surface area contributed by atoms with Gasteiger partial charge < -0.3 is 10.2 Å². The summed E-state index contributed by atoms with van der Waals surface area (Å²) in [5.74, 6) is 0. The lowest BCUT2D eigenvalue weighted by Crippen LogP contribution is -2.13. The summed E-state index contributed by atoms with van der Waals surface area (Å²) in [4.78, 5) is 0. The van der Waals surface area contributed by atoms with E-state index in [-0.39, 0.29) is 12.2 Å². The molecule has 0 spiro atoms. The van der Waals surface area contributed by atoms with Gasteiger partial charge in [0.1, 0.15) is 0 Å². The standard InChI is InChI=1S/C7H16O2.C7H14/c1-3-4-7(9)5-6(2)8;1-3-5-7-6-4-2/h6-9H,3-5H2,1-2H3;3H,1,4-7H2,2H3. The molecule has 0 bridgehead atoms. The fraction of sp³-hybridized carbons (Fsp3) is 0.857. The van der Waals surface area contributed by atoms with Gasteiger partial charge in [0.05, 0.1) is 12.2 Å². The highest BCUT2D eigenvalue weighted by molar-refractivity contribution is 4.64. The molecule has 0 heterocycles. The predicted octanol–water partition coefficient (Wildman–Crippen LogP) is 3.67. The molecule has 2 heteroatoms. The molecule has 2 atom stereocenters. The van der Waals surface area contributed by atoms with Crippen LogP contribution in [-0.2, 0) is 0 Å². The third-order valence-corrected chi connectivity index (χ3v) is 2.25. The molecule has 0 radical (unpaired) electrons. The van der Waals surface area contributed by atoms with Crippen molar-refractivity contribution in [2.45, 2.75) is 77.9 Å². The van der Waals surface area contributed by atoms with Crippen molar-refractivity contribution in [1.29, 1.82) is 0 Å². The number of hydrogen-bond acceptors (Lipinski definition) is 2. The van der Waals surface area contributed by atoms with E-state index in [0.29, 0.717) is 6.42 Å². The Morgan fingerprint density at radius 3 is 2.12 bits per heavy atom. The van der Waals surface area contributed by atoms with Crippen molar-refractivity contribution >= 4 is 0 Å². The maximum absolute atomic E-state index is 9.06. The van der Waals surface area contributed by atoms with Gasteiger partial charge in [0.2, 0.25) is 0 Å². The first-order valence-electron chi connectivity index (χ1n) is 6.55. The van der Waals surface area contributed by atoms with E-state index in [1.165, 1.54) is 25.7 Å². The summed E-state index contributed by atoms with van der Waals surface area (Å²) in [6, 6.07) is 0. The van der Waals surface area contributed by atoms with Crippen molar-refractivity contribution in [1.82, 2.24) is 0 Å². The van der Waals surface area contributed by atoms with Crippen molar-refractivity contribution < 1.29 is 10.2 Å². The van der Waals surface area contributed by atoms with E-state index in [1.54, 1.807) is 6.92 Å². The predicted molar refractivity (Wildman–Crippen MR) is 71.6 cm³/mol. The Balaban J connectivity index is 0. The summed E-state index contributed by atoms with van der Waals surface area (Å²) in [6.45, 7) is 9.56. The molecule has 0 saturated carbocycles. The van der Waals surface area contributed by atoms with E-state index >= 15 is 0 Å². The minimum absolute atomic E-state index is 0.310. The second kappa shape index (κ2) is 14.7. The lowest BCUT2D eigenvalue weighted by Gasteiger charge is -2.09. The van der Waals surface area contributed by atoms with E-state index in [1.807, 2.05) is 13.0 Å². The molecule has 2 N–H and O–H groups in total. The van der Waals surface area contributed by atoms with Gasteiger partial charge in [-0.25, -0.2) is 0 Å². The third-order valence-electron chi connectivity index (χ3n) is 2.25. The molecule has 0 amide bonds. The number of aliphatic hydroxyl groups excluding tert-OH is 2. The molecule has 0 aliphatic heterocycles. The smallest absolute Gasteiger partial charge is 0.0564 e. The van der Waals surface area contributed by atoms with Crippen LogP contribution in [-0.4, -0.2) is 22.4 Å². The van der Waals surface area contributed by atoms with E-state index in [4.69, 9.17) is 10.2 Å². The third kappa shape index (κ3) is 19.3. The zero-order valence-corrected chi connectivity index (χ0v) is 11.3. The molecule has 16 heavy (non-hydrogen) atoms. The maximum atomic E-state index is 9.06. The van der Waals surface area contributed by atoms with Crippen LogP contribution in [0.4, 0.5) is 0 Å². The minimum Gasteiger partial charge on any atom is -0.393 e. The number of hydrogen-bond donors (Lipinski definition) is 2. The van der Waals surface area contributed by atoms with Gasteiger partial charge in [-0.1, -0.05) is 39.2 Å². The van der Waals surface area contributed by atoms with Gasteiger partial charge in [-0.15, -0.1) is 6.58 Å². The Morgan fingerprint density at radius 1 is 1.12 bits per heavy atom. The van der Waals surface area contributed by atoms with Gasteiger partial charge in [0, 0.05) is 0 Å². The van der Waals surface area contributed by atoms with E-state index in [9.17, 15) is 0 Å². The van der Waals surface area contributed by atoms with E-state index in [2.05, 4.69) is 13.5 Å². The van der Waals surface area contributed by atoms with Gasteiger partial charge in [-0.05, 0) is 32.6 Å². The molecule has 0 aliphatic carbocycles. The highest BCUT2D eigenvalue weighted by atomic mass is 16.3. The van der Waals surface area contributed by atoms with E-state index < -0.39 is 0 Å². The molecule has 2 nitrogen and oxygen atoms in total. The first-order chi connectivity index (χ1) is 7.58. The Bertz CT molecular complexity index is 133. The van der Waals surface area contributed by atoms with Gasteiger partial charge >= 0.3 is 0 Å². The van der Waals surface area contributed by atoms with Crippen LogP contribution < -0.4 is 0 Å². The molecule has 0 aromatic rings. The quantitative estimate of drug-likeness (QED) is 0.493. The van der Waals surface area contributed by atoms with Gasteiger partial charge in [-0.3, -0.25) is 0 Å². The number of allylic oxidation sites excluding steroid dienone is 1. The first kappa shape index (κ1) is 18.0. The molecule has 0 aliphatic rings. The fourth-order valence-electron chi connectivity index (χ4n) is 1.38. The summed E-state index contributed by atoms with van der Waals surface area (Å²) >= 11 is 0. The number of aliphatic hydroxyl groups is 2. The van der Waals surface area contributed by atoms with Crippen molar-refractivity contribution in [3.05, 3.63) is 12.7 Å². The first-order valence-corrected chi connectivity index (χ1v) is 6.55. The number of unbranched alkanes of at least 4 members (excludes halogenated alkanes) is 3. The average molecular weight is 230 g/mol. The molecule has 0 fully saturated rings. The Labute approximate surface area is 101 Å². The minimum atomic E-state index is -0.369. The van der Waals surface area contributed by atoms with Gasteiger partial charge in [-0.2, -0.15) is 0 Å². The van der Waals surface area contributed by atoms with Crippen LogP contribution in [0.15, 0.2) is 12.7 Å². The molecule has 0 aromatic carbocycles. The highest BCUT2D eigenvalue weighted by Gasteiger charge is 2.05. The average Bonchev–Trinajstić information content (AvgIpc) is 2.18. The van der Waals surface area contributed by atoms with E-state index in [0.717, 1.165) is 12.8 Å². The van der Waals surface area contributed by atoms with Crippen LogP contribution in [0, 0.1) is 0 Å². The monoisotopic (exact) mass is 230 g/mol. The molecular formula is C14H30O2. The van der Waals surface area contributed by atoms with Crippen molar-refractivity contribution in [2.24, 2.45) is 0 Å². The zero-order valence-electron chi connectivity index (χ0n) is 11.3. The number of rotatable bonds is 8. The maximum Gasteiger partial charge on any atom is 0.0564 e. The normalized spacial score (nSPS) is 13.6. The zero-order chi connectivity index (χ0) is 12.8. The second-order valence-corrected chi connectivity index (χ2v) is 4.31.